The molecular formula is C12H28N2S. The Kier molecular flexibility index (Phi) is 12.6. The molecule has 0 bridgehead atoms. The molecule has 1 atom stereocenters. The normalized spacial score (nSPS) is 13.0. The van der Waals surface area contributed by atoms with Crippen molar-refractivity contribution >= 4 is 11.8 Å². The van der Waals surface area contributed by atoms with E-state index in [1.54, 1.807) is 0 Å². The largest absolute Gasteiger partial charge is 0.320 e. The van der Waals surface area contributed by atoms with E-state index < -0.39 is 0 Å². The zero-order valence-corrected chi connectivity index (χ0v) is 11.5. The molecule has 0 aliphatic heterocycles. The van der Waals surface area contributed by atoms with Gasteiger partial charge in [-0.1, -0.05) is 6.42 Å². The van der Waals surface area contributed by atoms with E-state index in [1.807, 2.05) is 25.9 Å². The first-order chi connectivity index (χ1) is 7.35. The minimum atomic E-state index is 0.935. The number of nitrogens with one attached hydrogen (secondary N) is 2. The fraction of sp³-hybridized carbons (Fsp3) is 1.00. The highest BCUT2D eigenvalue weighted by atomic mass is 32.2. The van der Waals surface area contributed by atoms with Crippen molar-refractivity contribution in [1.82, 2.24) is 10.6 Å². The van der Waals surface area contributed by atoms with Gasteiger partial charge in [-0.25, -0.2) is 0 Å². The molecule has 0 spiro atoms. The van der Waals surface area contributed by atoms with Gasteiger partial charge in [0.15, 0.2) is 0 Å². The summed E-state index contributed by atoms with van der Waals surface area (Å²) in [7, 11) is 4.07. The van der Waals surface area contributed by atoms with Crippen molar-refractivity contribution in [2.75, 3.05) is 39.2 Å². The molecule has 0 amide bonds. The van der Waals surface area contributed by atoms with Gasteiger partial charge in [0.25, 0.3) is 0 Å². The van der Waals surface area contributed by atoms with Crippen LogP contribution in [0.4, 0.5) is 0 Å². The monoisotopic (exact) mass is 232 g/mol. The zero-order chi connectivity index (χ0) is 11.4. The average molecular weight is 232 g/mol. The highest BCUT2D eigenvalue weighted by Gasteiger charge is 2.07. The summed E-state index contributed by atoms with van der Waals surface area (Å²) in [6.07, 6.45) is 9.05. The van der Waals surface area contributed by atoms with Gasteiger partial charge < -0.3 is 10.6 Å². The number of unbranched alkanes of at least 4 members (excludes halogenated alkanes) is 1. The maximum atomic E-state index is 3.22. The molecule has 0 aliphatic rings. The molecule has 2 N–H and O–H groups in total. The third-order valence-electron chi connectivity index (χ3n) is 2.73. The van der Waals surface area contributed by atoms with Crippen LogP contribution in [0, 0.1) is 5.92 Å². The molecule has 15 heavy (non-hydrogen) atoms. The van der Waals surface area contributed by atoms with Crippen LogP contribution in [-0.4, -0.2) is 39.2 Å². The minimum Gasteiger partial charge on any atom is -0.320 e. The lowest BCUT2D eigenvalue weighted by molar-refractivity contribution is 0.453. The summed E-state index contributed by atoms with van der Waals surface area (Å²) in [6.45, 7) is 2.34. The van der Waals surface area contributed by atoms with E-state index in [-0.39, 0.29) is 0 Å². The van der Waals surface area contributed by atoms with Crippen molar-refractivity contribution in [3.8, 4) is 0 Å². The molecule has 92 valence electrons. The summed E-state index contributed by atoms with van der Waals surface area (Å²) in [4.78, 5) is 0. The van der Waals surface area contributed by atoms with Crippen molar-refractivity contribution in [3.63, 3.8) is 0 Å². The fourth-order valence-corrected chi connectivity index (χ4v) is 2.65. The highest BCUT2D eigenvalue weighted by Crippen LogP contribution is 2.18. The van der Waals surface area contributed by atoms with Crippen LogP contribution in [-0.2, 0) is 0 Å². The van der Waals surface area contributed by atoms with E-state index in [2.05, 4.69) is 16.9 Å². The van der Waals surface area contributed by atoms with Crippen LogP contribution < -0.4 is 10.6 Å². The van der Waals surface area contributed by atoms with Crippen LogP contribution in [0.15, 0.2) is 0 Å². The molecule has 3 heteroatoms. The predicted molar refractivity (Wildman–Crippen MR) is 72.8 cm³/mol. The smallest absolute Gasteiger partial charge is 0.00419 e. The van der Waals surface area contributed by atoms with Crippen molar-refractivity contribution < 1.29 is 0 Å². The Hall–Kier alpha value is 0.270. The molecule has 0 saturated carbocycles. The Morgan fingerprint density at radius 2 is 1.53 bits per heavy atom. The molecule has 0 radical (unpaired) electrons. The van der Waals surface area contributed by atoms with Gasteiger partial charge in [-0.15, -0.1) is 0 Å². The summed E-state index contributed by atoms with van der Waals surface area (Å²) in [5.41, 5.74) is 0. The van der Waals surface area contributed by atoms with Crippen molar-refractivity contribution in [2.24, 2.45) is 5.92 Å². The molecule has 2 nitrogen and oxygen atoms in total. The van der Waals surface area contributed by atoms with Crippen LogP contribution in [0.2, 0.25) is 0 Å². The van der Waals surface area contributed by atoms with Crippen molar-refractivity contribution in [3.05, 3.63) is 0 Å². The topological polar surface area (TPSA) is 24.1 Å². The lowest BCUT2D eigenvalue weighted by atomic mass is 9.98. The molecule has 0 rings (SSSR count). The number of thioether (sulfide) groups is 1. The Morgan fingerprint density at radius 1 is 0.933 bits per heavy atom. The van der Waals surface area contributed by atoms with Gasteiger partial charge in [-0.2, -0.15) is 11.8 Å². The molecule has 0 heterocycles. The van der Waals surface area contributed by atoms with Crippen LogP contribution in [0.5, 0.6) is 0 Å². The van der Waals surface area contributed by atoms with Crippen LogP contribution >= 0.6 is 11.8 Å². The number of hydrogen-bond acceptors (Lipinski definition) is 3. The molecule has 0 fully saturated rings. The van der Waals surface area contributed by atoms with E-state index in [1.165, 1.54) is 50.9 Å². The summed E-state index contributed by atoms with van der Waals surface area (Å²) in [5, 5.41) is 6.44. The van der Waals surface area contributed by atoms with E-state index in [4.69, 9.17) is 0 Å². The predicted octanol–water partition coefficient (Wildman–Crippen LogP) is 2.35. The first-order valence-electron chi connectivity index (χ1n) is 6.13. The molecule has 0 saturated heterocycles. The second kappa shape index (κ2) is 12.3. The lowest BCUT2D eigenvalue weighted by Gasteiger charge is -2.15. The first-order valence-corrected chi connectivity index (χ1v) is 7.52. The molecule has 1 unspecified atom stereocenters. The molecule has 0 aromatic heterocycles. The van der Waals surface area contributed by atoms with Gasteiger partial charge >= 0.3 is 0 Å². The van der Waals surface area contributed by atoms with Gasteiger partial charge in [0.05, 0.1) is 0 Å². The van der Waals surface area contributed by atoms with Gasteiger partial charge in [-0.05, 0) is 70.8 Å². The second-order valence-electron chi connectivity index (χ2n) is 4.17. The molecular weight excluding hydrogens is 204 g/mol. The van der Waals surface area contributed by atoms with Gasteiger partial charge in [0.1, 0.15) is 0 Å². The van der Waals surface area contributed by atoms with Crippen molar-refractivity contribution in [2.45, 2.75) is 32.1 Å². The zero-order valence-electron chi connectivity index (χ0n) is 10.6. The van der Waals surface area contributed by atoms with Crippen LogP contribution in [0.1, 0.15) is 32.1 Å². The summed E-state index contributed by atoms with van der Waals surface area (Å²) < 4.78 is 0. The molecule has 0 aromatic rings. The Labute approximate surface area is 100.0 Å². The van der Waals surface area contributed by atoms with Crippen LogP contribution in [0.3, 0.4) is 0 Å². The number of rotatable bonds is 11. The van der Waals surface area contributed by atoms with E-state index in [0.29, 0.717) is 0 Å². The summed E-state index contributed by atoms with van der Waals surface area (Å²) in [6, 6.07) is 0. The minimum absolute atomic E-state index is 0.935. The van der Waals surface area contributed by atoms with Gasteiger partial charge in [-0.3, -0.25) is 0 Å². The van der Waals surface area contributed by atoms with E-state index in [0.717, 1.165) is 5.92 Å². The molecule has 0 aliphatic carbocycles. The molecule has 0 aromatic carbocycles. The quantitative estimate of drug-likeness (QED) is 0.535. The summed E-state index contributed by atoms with van der Waals surface area (Å²) >= 11 is 2.00. The standard InChI is InChI=1S/C12H28N2S/c1-13-9-5-4-7-12(11-15-3)8-6-10-14-2/h12-14H,4-11H2,1-3H3. The van der Waals surface area contributed by atoms with Crippen LogP contribution in [0.25, 0.3) is 0 Å². The average Bonchev–Trinajstić information content (AvgIpc) is 2.24. The Balaban J connectivity index is 3.44. The second-order valence-corrected chi connectivity index (χ2v) is 5.08. The van der Waals surface area contributed by atoms with E-state index in [9.17, 15) is 0 Å². The summed E-state index contributed by atoms with van der Waals surface area (Å²) in [5.74, 6) is 2.27. The third kappa shape index (κ3) is 10.6. The Morgan fingerprint density at radius 3 is 2.13 bits per heavy atom. The highest BCUT2D eigenvalue weighted by molar-refractivity contribution is 7.98. The fourth-order valence-electron chi connectivity index (χ4n) is 1.85. The Bertz CT molecular complexity index is 120. The SMILES string of the molecule is CNCCCCC(CCCNC)CSC. The van der Waals surface area contributed by atoms with Gasteiger partial charge in [0, 0.05) is 0 Å². The maximum Gasteiger partial charge on any atom is -0.00419 e. The number of hydrogen-bond donors (Lipinski definition) is 2. The lowest BCUT2D eigenvalue weighted by Crippen LogP contribution is -2.12. The van der Waals surface area contributed by atoms with E-state index >= 15 is 0 Å². The van der Waals surface area contributed by atoms with Crippen molar-refractivity contribution in [1.29, 1.82) is 0 Å². The van der Waals surface area contributed by atoms with Gasteiger partial charge in [0.2, 0.25) is 0 Å². The third-order valence-corrected chi connectivity index (χ3v) is 3.54. The maximum absolute atomic E-state index is 3.22. The first kappa shape index (κ1) is 15.3.